The van der Waals surface area contributed by atoms with Crippen molar-refractivity contribution in [2.75, 3.05) is 0 Å². The van der Waals surface area contributed by atoms with E-state index in [9.17, 15) is 23.3 Å². The molecule has 2 heterocycles. The summed E-state index contributed by atoms with van der Waals surface area (Å²) in [7, 11) is 0. The molecule has 116 valence electrons. The van der Waals surface area contributed by atoms with Crippen molar-refractivity contribution in [2.45, 2.75) is 6.18 Å². The van der Waals surface area contributed by atoms with Crippen LogP contribution in [-0.2, 0) is 6.18 Å². The van der Waals surface area contributed by atoms with Crippen LogP contribution in [0.1, 0.15) is 5.56 Å². The minimum Gasteiger partial charge on any atom is -0.283 e. The highest BCUT2D eigenvalue weighted by Crippen LogP contribution is 2.40. The van der Waals surface area contributed by atoms with Gasteiger partial charge in [-0.05, 0) is 18.2 Å². The van der Waals surface area contributed by atoms with Crippen LogP contribution >= 0.6 is 11.3 Å². The number of para-hydroxylation sites is 2. The Bertz CT molecular complexity index is 1100. The standard InChI is InChI=1S/C14H6F3N3O2S/c15-14(16,17)7-5-10-12(11(6-7)20(21)22)23-13-18-8-3-1-2-4-9(8)19(10)13/h1-6H. The predicted octanol–water partition coefficient (Wildman–Crippen LogP) is 4.63. The molecule has 0 N–H and O–H groups in total. The molecule has 0 radical (unpaired) electrons. The van der Waals surface area contributed by atoms with Crippen LogP contribution in [0, 0.1) is 10.1 Å². The molecule has 0 fully saturated rings. The second-order valence-corrected chi connectivity index (χ2v) is 5.90. The lowest BCUT2D eigenvalue weighted by Gasteiger charge is -2.07. The Labute approximate surface area is 129 Å². The fraction of sp³-hybridized carbons (Fsp3) is 0.0714. The van der Waals surface area contributed by atoms with Crippen molar-refractivity contribution < 1.29 is 18.1 Å². The van der Waals surface area contributed by atoms with Crippen molar-refractivity contribution in [3.05, 3.63) is 52.1 Å². The van der Waals surface area contributed by atoms with Gasteiger partial charge in [-0.1, -0.05) is 23.5 Å². The average molecular weight is 337 g/mol. The van der Waals surface area contributed by atoms with Crippen molar-refractivity contribution in [1.29, 1.82) is 0 Å². The molecule has 9 heteroatoms. The third-order valence-corrected chi connectivity index (χ3v) is 4.62. The number of nitro groups is 1. The molecule has 0 spiro atoms. The van der Waals surface area contributed by atoms with E-state index in [0.717, 1.165) is 17.4 Å². The van der Waals surface area contributed by atoms with Crippen molar-refractivity contribution >= 4 is 43.2 Å². The van der Waals surface area contributed by atoms with E-state index in [2.05, 4.69) is 4.98 Å². The van der Waals surface area contributed by atoms with Crippen LogP contribution in [0.2, 0.25) is 0 Å². The van der Waals surface area contributed by atoms with Gasteiger partial charge in [0.2, 0.25) is 0 Å². The maximum Gasteiger partial charge on any atom is 0.416 e. The number of hydrogen-bond acceptors (Lipinski definition) is 4. The van der Waals surface area contributed by atoms with Crippen LogP contribution in [0.15, 0.2) is 36.4 Å². The Morgan fingerprint density at radius 3 is 2.61 bits per heavy atom. The Balaban J connectivity index is 2.22. The fourth-order valence-corrected chi connectivity index (χ4v) is 3.67. The Morgan fingerprint density at radius 1 is 1.17 bits per heavy atom. The van der Waals surface area contributed by atoms with Gasteiger partial charge in [0.1, 0.15) is 4.70 Å². The first kappa shape index (κ1) is 13.9. The van der Waals surface area contributed by atoms with Crippen LogP contribution < -0.4 is 0 Å². The molecule has 0 aliphatic carbocycles. The quantitative estimate of drug-likeness (QED) is 0.376. The number of hydrogen-bond donors (Lipinski definition) is 0. The first-order valence-electron chi connectivity index (χ1n) is 6.41. The van der Waals surface area contributed by atoms with Crippen molar-refractivity contribution in [1.82, 2.24) is 9.38 Å². The molecule has 0 aliphatic rings. The zero-order valence-electron chi connectivity index (χ0n) is 11.2. The van der Waals surface area contributed by atoms with Crippen molar-refractivity contribution in [2.24, 2.45) is 0 Å². The molecule has 4 rings (SSSR count). The largest absolute Gasteiger partial charge is 0.416 e. The van der Waals surface area contributed by atoms with E-state index < -0.39 is 22.4 Å². The SMILES string of the molecule is O=[N+]([O-])c1cc(C(F)(F)F)cc2c1sc1nc3ccccc3n12. The normalized spacial score (nSPS) is 12.5. The number of fused-ring (bicyclic) bond motifs is 5. The summed E-state index contributed by atoms with van der Waals surface area (Å²) in [6.07, 6.45) is -4.66. The van der Waals surface area contributed by atoms with Crippen LogP contribution in [0.5, 0.6) is 0 Å². The number of rotatable bonds is 1. The predicted molar refractivity (Wildman–Crippen MR) is 79.7 cm³/mol. The molecule has 0 saturated heterocycles. The molecule has 5 nitrogen and oxygen atoms in total. The highest BCUT2D eigenvalue weighted by atomic mass is 32.1. The lowest BCUT2D eigenvalue weighted by atomic mass is 10.1. The lowest BCUT2D eigenvalue weighted by Crippen LogP contribution is -2.06. The first-order valence-corrected chi connectivity index (χ1v) is 7.23. The lowest BCUT2D eigenvalue weighted by molar-refractivity contribution is -0.383. The summed E-state index contributed by atoms with van der Waals surface area (Å²) < 4.78 is 40.9. The van der Waals surface area contributed by atoms with Gasteiger partial charge in [0.15, 0.2) is 4.96 Å². The van der Waals surface area contributed by atoms with Crippen LogP contribution in [-0.4, -0.2) is 14.3 Å². The second kappa shape index (κ2) is 4.42. The molecule has 0 aliphatic heterocycles. The number of benzene rings is 2. The number of nitrogens with zero attached hydrogens (tertiary/aromatic N) is 3. The van der Waals surface area contributed by atoms with Crippen LogP contribution in [0.4, 0.5) is 18.9 Å². The molecule has 4 aromatic rings. The minimum atomic E-state index is -4.66. The van der Waals surface area contributed by atoms with Gasteiger partial charge in [0.05, 0.1) is 27.0 Å². The van der Waals surface area contributed by atoms with Gasteiger partial charge in [0, 0.05) is 6.07 Å². The Kier molecular flexibility index (Phi) is 2.68. The summed E-state index contributed by atoms with van der Waals surface area (Å²) in [5, 5.41) is 11.2. The third-order valence-electron chi connectivity index (χ3n) is 3.54. The van der Waals surface area contributed by atoms with Crippen molar-refractivity contribution in [3.63, 3.8) is 0 Å². The molecule has 0 saturated carbocycles. The molecule has 23 heavy (non-hydrogen) atoms. The summed E-state index contributed by atoms with van der Waals surface area (Å²) in [6, 6.07) is 8.46. The van der Waals surface area contributed by atoms with E-state index >= 15 is 0 Å². The Hall–Kier alpha value is -2.68. The van der Waals surface area contributed by atoms with Gasteiger partial charge in [-0.3, -0.25) is 14.5 Å². The highest BCUT2D eigenvalue weighted by Gasteiger charge is 2.34. The number of non-ortho nitro benzene ring substituents is 1. The maximum atomic E-state index is 13.1. The van der Waals surface area contributed by atoms with Crippen LogP contribution in [0.3, 0.4) is 0 Å². The highest BCUT2D eigenvalue weighted by molar-refractivity contribution is 7.24. The van der Waals surface area contributed by atoms with E-state index in [-0.39, 0.29) is 10.2 Å². The van der Waals surface area contributed by atoms with E-state index in [1.165, 1.54) is 4.40 Å². The summed E-state index contributed by atoms with van der Waals surface area (Å²) >= 11 is 1.00. The number of halogens is 3. The topological polar surface area (TPSA) is 60.4 Å². The van der Waals surface area contributed by atoms with E-state index in [4.69, 9.17) is 0 Å². The first-order chi connectivity index (χ1) is 10.9. The van der Waals surface area contributed by atoms with Crippen LogP contribution in [0.25, 0.3) is 26.2 Å². The maximum absolute atomic E-state index is 13.1. The van der Waals surface area contributed by atoms with Gasteiger partial charge >= 0.3 is 6.18 Å². The molecule has 0 amide bonds. The summed E-state index contributed by atoms with van der Waals surface area (Å²) in [5.41, 5.74) is -0.230. The number of nitro benzene ring substituents is 1. The fourth-order valence-electron chi connectivity index (χ4n) is 2.56. The summed E-state index contributed by atoms with van der Waals surface area (Å²) in [4.78, 5) is 15.1. The Morgan fingerprint density at radius 2 is 1.91 bits per heavy atom. The van der Waals surface area contributed by atoms with Gasteiger partial charge in [-0.2, -0.15) is 13.2 Å². The minimum absolute atomic E-state index is 0.139. The molecule has 2 aromatic carbocycles. The van der Waals surface area contributed by atoms with E-state index in [1.54, 1.807) is 24.3 Å². The smallest absolute Gasteiger partial charge is 0.283 e. The number of imidazole rings is 1. The average Bonchev–Trinajstić information content (AvgIpc) is 3.00. The van der Waals surface area contributed by atoms with Gasteiger partial charge in [-0.25, -0.2) is 4.98 Å². The number of aromatic nitrogens is 2. The molecule has 0 atom stereocenters. The van der Waals surface area contributed by atoms with Gasteiger partial charge in [-0.15, -0.1) is 0 Å². The second-order valence-electron chi connectivity index (χ2n) is 4.92. The molecular weight excluding hydrogens is 331 g/mol. The number of thiazole rings is 1. The van der Waals surface area contributed by atoms with Crippen molar-refractivity contribution in [3.8, 4) is 0 Å². The zero-order chi connectivity index (χ0) is 16.4. The third kappa shape index (κ3) is 1.96. The van der Waals surface area contributed by atoms with Gasteiger partial charge in [0.25, 0.3) is 5.69 Å². The summed E-state index contributed by atoms with van der Waals surface area (Å²) in [5.74, 6) is 0. The molecule has 2 aromatic heterocycles. The summed E-state index contributed by atoms with van der Waals surface area (Å²) in [6.45, 7) is 0. The van der Waals surface area contributed by atoms with E-state index in [1.807, 2.05) is 0 Å². The number of alkyl halides is 3. The molecular formula is C14H6F3N3O2S. The van der Waals surface area contributed by atoms with E-state index in [0.29, 0.717) is 22.1 Å². The molecule has 0 unspecified atom stereocenters. The zero-order valence-corrected chi connectivity index (χ0v) is 12.0. The van der Waals surface area contributed by atoms with Gasteiger partial charge < -0.3 is 0 Å². The molecule has 0 bridgehead atoms. The monoisotopic (exact) mass is 337 g/mol.